The zero-order valence-corrected chi connectivity index (χ0v) is 14.9. The number of rotatable bonds is 8. The van der Waals surface area contributed by atoms with E-state index in [0.29, 0.717) is 0 Å². The first-order valence-corrected chi connectivity index (χ1v) is 7.78. The van der Waals surface area contributed by atoms with Crippen molar-refractivity contribution in [2.24, 2.45) is 15.9 Å². The molecule has 0 aliphatic carbocycles. The number of esters is 1. The van der Waals surface area contributed by atoms with Gasteiger partial charge in [-0.2, -0.15) is 5.10 Å². The largest absolute Gasteiger partial charge is 0.480 e. The molecule has 0 bridgehead atoms. The molecule has 8 nitrogen and oxygen atoms in total. The smallest absolute Gasteiger partial charge is 0.349 e. The average Bonchev–Trinajstić information content (AvgIpc) is 2.56. The van der Waals surface area contributed by atoms with Crippen LogP contribution in [0, 0.1) is 0 Å². The predicted molar refractivity (Wildman–Crippen MR) is 97.9 cm³/mol. The third-order valence-corrected chi connectivity index (χ3v) is 3.01. The predicted octanol–water partition coefficient (Wildman–Crippen LogP) is 1.81. The molecule has 0 atom stereocenters. The van der Waals surface area contributed by atoms with Gasteiger partial charge in [0.25, 0.3) is 5.95 Å². The average molecular weight is 348 g/mol. The lowest BCUT2D eigenvalue weighted by molar-refractivity contribution is -0.138. The summed E-state index contributed by atoms with van der Waals surface area (Å²) in [7, 11) is 3.89. The molecule has 3 N–H and O–H groups in total. The molecule has 0 spiro atoms. The summed E-state index contributed by atoms with van der Waals surface area (Å²) in [6.45, 7) is 3.57. The fourth-order valence-corrected chi connectivity index (χ4v) is 1.78. The Hall–Kier alpha value is -3.03. The molecule has 0 unspecified atom stereocenters. The maximum absolute atomic E-state index is 11.9. The van der Waals surface area contributed by atoms with E-state index in [1.54, 1.807) is 13.8 Å². The van der Waals surface area contributed by atoms with Crippen molar-refractivity contribution in [1.29, 1.82) is 0 Å². The molecule has 8 heteroatoms. The van der Waals surface area contributed by atoms with E-state index < -0.39 is 11.9 Å². The quantitative estimate of drug-likeness (QED) is 0.185. The maximum Gasteiger partial charge on any atom is 0.349 e. The normalized spacial score (nSPS) is 12.7. The van der Waals surface area contributed by atoms with Crippen LogP contribution < -0.4 is 10.6 Å². The summed E-state index contributed by atoms with van der Waals surface area (Å²) in [5, 5.41) is 17.4. The third-order valence-electron chi connectivity index (χ3n) is 3.01. The molecule has 1 rings (SSSR count). The van der Waals surface area contributed by atoms with Gasteiger partial charge in [-0.1, -0.05) is 12.1 Å². The van der Waals surface area contributed by atoms with Crippen LogP contribution in [-0.2, 0) is 14.3 Å². The molecule has 0 aliphatic heterocycles. The topological polar surface area (TPSA) is 110 Å². The second-order valence-corrected chi connectivity index (χ2v) is 5.05. The summed E-state index contributed by atoms with van der Waals surface area (Å²) < 4.78 is 9.75. The number of nitrogens with two attached hydrogens (primary N) is 1. The zero-order chi connectivity index (χ0) is 18.8. The molecule has 1 aromatic rings. The lowest BCUT2D eigenvalue weighted by Gasteiger charge is -2.11. The Balaban J connectivity index is 2.98. The van der Waals surface area contributed by atoms with Crippen molar-refractivity contribution < 1.29 is 19.4 Å². The van der Waals surface area contributed by atoms with Crippen LogP contribution in [0.4, 0.5) is 5.69 Å². The first-order valence-electron chi connectivity index (χ1n) is 7.78. The van der Waals surface area contributed by atoms with Crippen LogP contribution in [0.15, 0.2) is 46.0 Å². The molecule has 0 amide bonds. The highest BCUT2D eigenvalue weighted by molar-refractivity contribution is 6.18. The second kappa shape index (κ2) is 9.96. The van der Waals surface area contributed by atoms with Crippen molar-refractivity contribution >= 4 is 23.7 Å². The summed E-state index contributed by atoms with van der Waals surface area (Å²) in [5.41, 5.74) is 7.24. The van der Waals surface area contributed by atoms with Gasteiger partial charge in [0.15, 0.2) is 11.4 Å². The van der Waals surface area contributed by atoms with Gasteiger partial charge in [0.2, 0.25) is 0 Å². The van der Waals surface area contributed by atoms with Crippen molar-refractivity contribution in [1.82, 2.24) is 0 Å². The van der Waals surface area contributed by atoms with Gasteiger partial charge in [-0.3, -0.25) is 0 Å². The Morgan fingerprint density at radius 1 is 1.20 bits per heavy atom. The number of aliphatic hydroxyl groups excluding tert-OH is 1. The van der Waals surface area contributed by atoms with Crippen LogP contribution in [0.5, 0.6) is 0 Å². The van der Waals surface area contributed by atoms with E-state index in [0.717, 1.165) is 11.3 Å². The summed E-state index contributed by atoms with van der Waals surface area (Å²) in [6, 6.07) is 7.59. The van der Waals surface area contributed by atoms with Crippen LogP contribution in [0.2, 0.25) is 0 Å². The first-order chi connectivity index (χ1) is 11.9. The van der Waals surface area contributed by atoms with Crippen LogP contribution in [0.1, 0.15) is 19.4 Å². The summed E-state index contributed by atoms with van der Waals surface area (Å²) >= 11 is 0. The van der Waals surface area contributed by atoms with Gasteiger partial charge in [-0.25, -0.2) is 4.79 Å². The lowest BCUT2D eigenvalue weighted by atomic mass is 10.2. The molecule has 0 heterocycles. The summed E-state index contributed by atoms with van der Waals surface area (Å²) in [6.07, 6.45) is 1.48. The Bertz CT molecular complexity index is 664. The minimum atomic E-state index is -0.833. The maximum atomic E-state index is 11.9. The second-order valence-electron chi connectivity index (χ2n) is 5.05. The first kappa shape index (κ1) is 20.0. The Morgan fingerprint density at radius 3 is 2.32 bits per heavy atom. The number of carbonyl (C=O) groups is 1. The minimum absolute atomic E-state index is 0.122. The lowest BCUT2D eigenvalue weighted by Crippen LogP contribution is -2.25. The van der Waals surface area contributed by atoms with Gasteiger partial charge in [0.05, 0.1) is 19.4 Å². The van der Waals surface area contributed by atoms with Crippen molar-refractivity contribution in [2.45, 2.75) is 13.8 Å². The summed E-state index contributed by atoms with van der Waals surface area (Å²) in [5.74, 6) is -1.78. The van der Waals surface area contributed by atoms with Crippen LogP contribution in [-0.4, -0.2) is 50.4 Å². The molecule has 0 fully saturated rings. The molecule has 0 saturated carbocycles. The number of nitrogens with zero attached hydrogens (tertiary/aromatic N) is 3. The van der Waals surface area contributed by atoms with E-state index in [9.17, 15) is 9.90 Å². The number of amidine groups is 1. The molecule has 136 valence electrons. The fraction of sp³-hybridized carbons (Fsp3) is 0.353. The molecule has 1 aromatic carbocycles. The van der Waals surface area contributed by atoms with E-state index in [2.05, 4.69) is 10.2 Å². The van der Waals surface area contributed by atoms with Crippen LogP contribution in [0.25, 0.3) is 0 Å². The van der Waals surface area contributed by atoms with E-state index in [1.807, 2.05) is 43.3 Å². The molecular formula is C17H24N4O4. The van der Waals surface area contributed by atoms with E-state index in [4.69, 9.17) is 15.2 Å². The van der Waals surface area contributed by atoms with Gasteiger partial charge >= 0.3 is 5.97 Å². The van der Waals surface area contributed by atoms with E-state index in [-0.39, 0.29) is 24.6 Å². The monoisotopic (exact) mass is 348 g/mol. The van der Waals surface area contributed by atoms with Crippen molar-refractivity contribution in [2.75, 3.05) is 32.2 Å². The van der Waals surface area contributed by atoms with E-state index in [1.165, 1.54) is 6.21 Å². The number of benzene rings is 1. The number of ether oxygens (including phenoxy) is 2. The van der Waals surface area contributed by atoms with Crippen molar-refractivity contribution in [3.05, 3.63) is 41.3 Å². The fourth-order valence-electron chi connectivity index (χ4n) is 1.78. The van der Waals surface area contributed by atoms with Gasteiger partial charge in [-0.05, 0) is 31.5 Å². The highest BCUT2D eigenvalue weighted by Crippen LogP contribution is 2.11. The Morgan fingerprint density at radius 2 is 1.80 bits per heavy atom. The molecule has 25 heavy (non-hydrogen) atoms. The number of anilines is 1. The van der Waals surface area contributed by atoms with E-state index >= 15 is 0 Å². The summed E-state index contributed by atoms with van der Waals surface area (Å²) in [4.78, 5) is 13.9. The molecule has 0 aromatic heterocycles. The Labute approximate surface area is 147 Å². The number of hydrogen-bond acceptors (Lipinski definition) is 7. The molecule has 0 saturated heterocycles. The number of aliphatic hydroxyl groups is 1. The van der Waals surface area contributed by atoms with Crippen molar-refractivity contribution in [3.63, 3.8) is 0 Å². The van der Waals surface area contributed by atoms with Gasteiger partial charge in [0.1, 0.15) is 0 Å². The third kappa shape index (κ3) is 6.17. The van der Waals surface area contributed by atoms with Crippen LogP contribution >= 0.6 is 0 Å². The molecule has 0 radical (unpaired) electrons. The highest BCUT2D eigenvalue weighted by atomic mass is 16.6. The van der Waals surface area contributed by atoms with Gasteiger partial charge in [0, 0.05) is 19.8 Å². The SMILES string of the molecule is CCOC(=O)C(C(N)=NN=Cc1ccc(N(C)C)cc1)=C(O)OCC. The minimum Gasteiger partial charge on any atom is -0.480 e. The number of hydrogen-bond donors (Lipinski definition) is 2. The van der Waals surface area contributed by atoms with Gasteiger partial charge in [-0.15, -0.1) is 5.10 Å². The van der Waals surface area contributed by atoms with Gasteiger partial charge < -0.3 is 25.2 Å². The van der Waals surface area contributed by atoms with Crippen LogP contribution in [0.3, 0.4) is 0 Å². The highest BCUT2D eigenvalue weighted by Gasteiger charge is 2.22. The van der Waals surface area contributed by atoms with Crippen molar-refractivity contribution in [3.8, 4) is 0 Å². The zero-order valence-electron chi connectivity index (χ0n) is 14.9. The molecule has 0 aliphatic rings. The Kier molecular flexibility index (Phi) is 7.98. The number of carbonyl (C=O) groups excluding carboxylic acids is 1. The standard InChI is InChI=1S/C17H24N4O4/c1-5-24-16(22)14(17(23)25-6-2)15(18)20-19-11-12-7-9-13(10-8-12)21(3)4/h7-11,22H,5-6H2,1-4H3,(H2,18,20). The molecular weight excluding hydrogens is 324 g/mol.